The zero-order valence-corrected chi connectivity index (χ0v) is 14.8. The van der Waals surface area contributed by atoms with Gasteiger partial charge in [-0.25, -0.2) is 0 Å². The highest BCUT2D eigenvalue weighted by Gasteiger charge is 2.17. The molecule has 2 aromatic rings. The van der Waals surface area contributed by atoms with Crippen LogP contribution in [0.25, 0.3) is 10.9 Å². The Balaban J connectivity index is 2.42. The number of aromatic nitrogens is 1. The summed E-state index contributed by atoms with van der Waals surface area (Å²) in [6.45, 7) is 13.1. The minimum atomic E-state index is 0.0792. The molecule has 1 aromatic carbocycles. The lowest BCUT2D eigenvalue weighted by molar-refractivity contribution is 0.569. The van der Waals surface area contributed by atoms with Crippen molar-refractivity contribution in [3.05, 3.63) is 41.1 Å². The Labute approximate surface area is 135 Å². The SMILES string of the molecule is CCCCNCc1cc(C(C)(C)C)nc2ccc(CC)cc12. The molecule has 0 atom stereocenters. The van der Waals surface area contributed by atoms with Crippen LogP contribution in [0.4, 0.5) is 0 Å². The summed E-state index contributed by atoms with van der Waals surface area (Å²) in [4.78, 5) is 4.90. The van der Waals surface area contributed by atoms with Crippen LogP contribution in [-0.4, -0.2) is 11.5 Å². The predicted octanol–water partition coefficient (Wildman–Crippen LogP) is 4.98. The number of rotatable bonds is 6. The summed E-state index contributed by atoms with van der Waals surface area (Å²) in [5, 5.41) is 4.89. The predicted molar refractivity (Wildman–Crippen MR) is 96.4 cm³/mol. The summed E-state index contributed by atoms with van der Waals surface area (Å²) in [6.07, 6.45) is 3.53. The fraction of sp³-hybridized carbons (Fsp3) is 0.550. The van der Waals surface area contributed by atoms with Gasteiger partial charge >= 0.3 is 0 Å². The maximum Gasteiger partial charge on any atom is 0.0709 e. The van der Waals surface area contributed by atoms with Gasteiger partial charge in [-0.15, -0.1) is 0 Å². The smallest absolute Gasteiger partial charge is 0.0709 e. The highest BCUT2D eigenvalue weighted by molar-refractivity contribution is 5.83. The van der Waals surface area contributed by atoms with Crippen molar-refractivity contribution >= 4 is 10.9 Å². The van der Waals surface area contributed by atoms with Crippen molar-refractivity contribution in [2.75, 3.05) is 6.54 Å². The summed E-state index contributed by atoms with van der Waals surface area (Å²) in [5.41, 5.74) is 5.14. The topological polar surface area (TPSA) is 24.9 Å². The van der Waals surface area contributed by atoms with Gasteiger partial charge in [0.05, 0.1) is 5.52 Å². The molecule has 1 aromatic heterocycles. The molecule has 1 heterocycles. The second kappa shape index (κ2) is 7.23. The molecule has 2 rings (SSSR count). The van der Waals surface area contributed by atoms with Gasteiger partial charge in [0.25, 0.3) is 0 Å². The number of hydrogen-bond acceptors (Lipinski definition) is 2. The molecule has 0 spiro atoms. The van der Waals surface area contributed by atoms with Crippen LogP contribution in [0.5, 0.6) is 0 Å². The molecule has 2 nitrogen and oxygen atoms in total. The quantitative estimate of drug-likeness (QED) is 0.760. The van der Waals surface area contributed by atoms with E-state index in [9.17, 15) is 0 Å². The maximum absolute atomic E-state index is 4.90. The van der Waals surface area contributed by atoms with E-state index in [0.717, 1.165) is 25.0 Å². The lowest BCUT2D eigenvalue weighted by atomic mass is 9.89. The molecule has 120 valence electrons. The third-order valence-corrected chi connectivity index (χ3v) is 4.16. The molecule has 0 fully saturated rings. The van der Waals surface area contributed by atoms with E-state index in [1.165, 1.54) is 35.0 Å². The molecule has 2 heteroatoms. The van der Waals surface area contributed by atoms with Crippen molar-refractivity contribution in [3.63, 3.8) is 0 Å². The largest absolute Gasteiger partial charge is 0.313 e. The molecule has 0 saturated carbocycles. The third-order valence-electron chi connectivity index (χ3n) is 4.16. The number of nitrogens with zero attached hydrogens (tertiary/aromatic N) is 1. The zero-order valence-electron chi connectivity index (χ0n) is 14.8. The fourth-order valence-electron chi connectivity index (χ4n) is 2.62. The van der Waals surface area contributed by atoms with Crippen molar-refractivity contribution in [1.29, 1.82) is 0 Å². The first kappa shape index (κ1) is 17.0. The van der Waals surface area contributed by atoms with Gasteiger partial charge < -0.3 is 5.32 Å². The van der Waals surface area contributed by atoms with Crippen LogP contribution in [0, 0.1) is 0 Å². The number of benzene rings is 1. The minimum Gasteiger partial charge on any atom is -0.313 e. The van der Waals surface area contributed by atoms with Gasteiger partial charge in [-0.1, -0.05) is 47.1 Å². The first-order valence-corrected chi connectivity index (χ1v) is 8.59. The van der Waals surface area contributed by atoms with E-state index in [0.29, 0.717) is 0 Å². The highest BCUT2D eigenvalue weighted by atomic mass is 14.8. The number of fused-ring (bicyclic) bond motifs is 1. The van der Waals surface area contributed by atoms with Crippen LogP contribution in [0.3, 0.4) is 0 Å². The summed E-state index contributed by atoms with van der Waals surface area (Å²) >= 11 is 0. The molecule has 0 bridgehead atoms. The van der Waals surface area contributed by atoms with E-state index >= 15 is 0 Å². The molecule has 0 amide bonds. The molecule has 0 saturated heterocycles. The average molecular weight is 298 g/mol. The van der Waals surface area contributed by atoms with E-state index in [4.69, 9.17) is 4.98 Å². The van der Waals surface area contributed by atoms with Crippen molar-refractivity contribution in [3.8, 4) is 0 Å². The van der Waals surface area contributed by atoms with Gasteiger partial charge in [-0.2, -0.15) is 0 Å². The van der Waals surface area contributed by atoms with Crippen LogP contribution in [0.15, 0.2) is 24.3 Å². The van der Waals surface area contributed by atoms with Crippen molar-refractivity contribution in [2.45, 2.75) is 65.8 Å². The van der Waals surface area contributed by atoms with Crippen molar-refractivity contribution < 1.29 is 0 Å². The molecule has 1 N–H and O–H groups in total. The molecular formula is C20H30N2. The van der Waals surface area contributed by atoms with E-state index in [1.54, 1.807) is 0 Å². The lowest BCUT2D eigenvalue weighted by Crippen LogP contribution is -2.18. The lowest BCUT2D eigenvalue weighted by Gasteiger charge is -2.20. The number of hydrogen-bond donors (Lipinski definition) is 1. The van der Waals surface area contributed by atoms with E-state index in [2.05, 4.69) is 64.2 Å². The average Bonchev–Trinajstić information content (AvgIpc) is 2.49. The molecule has 0 aliphatic carbocycles. The normalized spacial score (nSPS) is 12.0. The van der Waals surface area contributed by atoms with Gasteiger partial charge in [-0.3, -0.25) is 4.98 Å². The second-order valence-corrected chi connectivity index (χ2v) is 7.15. The summed E-state index contributed by atoms with van der Waals surface area (Å²) in [7, 11) is 0. The van der Waals surface area contributed by atoms with Gasteiger partial charge in [0, 0.05) is 23.0 Å². The summed E-state index contributed by atoms with van der Waals surface area (Å²) < 4.78 is 0. The van der Waals surface area contributed by atoms with E-state index in [-0.39, 0.29) is 5.41 Å². The standard InChI is InChI=1S/C20H30N2/c1-6-8-11-21-14-16-13-19(20(3,4)5)22-18-10-9-15(7-2)12-17(16)18/h9-10,12-13,21H,6-8,11,14H2,1-5H3. The van der Waals surface area contributed by atoms with Crippen molar-refractivity contribution in [2.24, 2.45) is 0 Å². The Hall–Kier alpha value is -1.41. The maximum atomic E-state index is 4.90. The number of unbranched alkanes of at least 4 members (excludes halogenated alkanes) is 1. The van der Waals surface area contributed by atoms with Crippen LogP contribution in [0.1, 0.15) is 64.3 Å². The summed E-state index contributed by atoms with van der Waals surface area (Å²) in [6, 6.07) is 8.99. The van der Waals surface area contributed by atoms with Crippen LogP contribution in [-0.2, 0) is 18.4 Å². The molecule has 22 heavy (non-hydrogen) atoms. The van der Waals surface area contributed by atoms with Gasteiger partial charge in [0.1, 0.15) is 0 Å². The zero-order chi connectivity index (χ0) is 16.2. The highest BCUT2D eigenvalue weighted by Crippen LogP contribution is 2.27. The monoisotopic (exact) mass is 298 g/mol. The number of pyridine rings is 1. The first-order valence-electron chi connectivity index (χ1n) is 8.59. The van der Waals surface area contributed by atoms with Crippen LogP contribution in [0.2, 0.25) is 0 Å². The Kier molecular flexibility index (Phi) is 5.57. The van der Waals surface area contributed by atoms with Crippen LogP contribution >= 0.6 is 0 Å². The van der Waals surface area contributed by atoms with Gasteiger partial charge in [-0.05, 0) is 48.7 Å². The first-order chi connectivity index (χ1) is 10.5. The van der Waals surface area contributed by atoms with E-state index in [1.807, 2.05) is 0 Å². The van der Waals surface area contributed by atoms with E-state index < -0.39 is 0 Å². The number of nitrogens with one attached hydrogen (secondary N) is 1. The summed E-state index contributed by atoms with van der Waals surface area (Å²) in [5.74, 6) is 0. The fourth-order valence-corrected chi connectivity index (χ4v) is 2.62. The molecule has 0 aliphatic heterocycles. The Morgan fingerprint density at radius 1 is 1.09 bits per heavy atom. The Morgan fingerprint density at radius 3 is 2.50 bits per heavy atom. The Bertz CT molecular complexity index is 623. The van der Waals surface area contributed by atoms with Crippen LogP contribution < -0.4 is 5.32 Å². The minimum absolute atomic E-state index is 0.0792. The molecule has 0 unspecified atom stereocenters. The third kappa shape index (κ3) is 4.07. The second-order valence-electron chi connectivity index (χ2n) is 7.15. The molecule has 0 radical (unpaired) electrons. The molecular weight excluding hydrogens is 268 g/mol. The van der Waals surface area contributed by atoms with Crippen molar-refractivity contribution in [1.82, 2.24) is 10.3 Å². The number of aryl methyl sites for hydroxylation is 1. The Morgan fingerprint density at radius 2 is 1.86 bits per heavy atom. The molecule has 0 aliphatic rings. The van der Waals surface area contributed by atoms with Gasteiger partial charge in [0.15, 0.2) is 0 Å². The van der Waals surface area contributed by atoms with Gasteiger partial charge in [0.2, 0.25) is 0 Å².